The Hall–Kier alpha value is -1.72. The summed E-state index contributed by atoms with van der Waals surface area (Å²) in [7, 11) is 0. The summed E-state index contributed by atoms with van der Waals surface area (Å²) in [5.41, 5.74) is 13.9. The zero-order valence-corrected chi connectivity index (χ0v) is 13.7. The minimum atomic E-state index is -0.449. The number of nitrogens with two attached hydrogens (primary N) is 2. The average molecular weight is 370 g/mol. The molecule has 2 rings (SSSR count). The highest BCUT2D eigenvalue weighted by molar-refractivity contribution is 9.10. The summed E-state index contributed by atoms with van der Waals surface area (Å²) < 4.78 is 6.44. The second-order valence-electron chi connectivity index (χ2n) is 4.60. The van der Waals surface area contributed by atoms with Crippen LogP contribution in [0.1, 0.15) is 21.5 Å². The van der Waals surface area contributed by atoms with Crippen molar-refractivity contribution < 1.29 is 9.53 Å². The average Bonchev–Trinajstić information content (AvgIpc) is 2.38. The molecule has 21 heavy (non-hydrogen) atoms. The van der Waals surface area contributed by atoms with Crippen molar-refractivity contribution in [1.82, 2.24) is 0 Å². The van der Waals surface area contributed by atoms with E-state index in [0.29, 0.717) is 33.1 Å². The van der Waals surface area contributed by atoms with E-state index in [0.717, 1.165) is 11.1 Å². The third kappa shape index (κ3) is 3.68. The van der Waals surface area contributed by atoms with Gasteiger partial charge in [0.25, 0.3) is 0 Å². The van der Waals surface area contributed by atoms with Crippen molar-refractivity contribution in [2.24, 2.45) is 5.73 Å². The third-order valence-corrected chi connectivity index (χ3v) is 3.84. The molecule has 0 aromatic heterocycles. The Bertz CT molecular complexity index is 681. The van der Waals surface area contributed by atoms with Crippen LogP contribution < -0.4 is 16.2 Å². The van der Waals surface area contributed by atoms with Crippen molar-refractivity contribution in [1.29, 1.82) is 0 Å². The van der Waals surface area contributed by atoms with Gasteiger partial charge in [-0.1, -0.05) is 17.7 Å². The molecule has 0 bridgehead atoms. The van der Waals surface area contributed by atoms with Crippen molar-refractivity contribution in [2.45, 2.75) is 13.5 Å². The van der Waals surface area contributed by atoms with Crippen LogP contribution in [0.25, 0.3) is 0 Å². The maximum Gasteiger partial charge on any atom is 0.248 e. The first-order chi connectivity index (χ1) is 9.88. The van der Waals surface area contributed by atoms with E-state index in [4.69, 9.17) is 27.8 Å². The molecule has 0 unspecified atom stereocenters. The van der Waals surface area contributed by atoms with E-state index in [1.54, 1.807) is 24.3 Å². The van der Waals surface area contributed by atoms with Gasteiger partial charge >= 0.3 is 0 Å². The molecule has 2 aromatic carbocycles. The number of hydrogen-bond donors (Lipinski definition) is 2. The molecular formula is C15H14BrClN2O2. The highest BCUT2D eigenvalue weighted by Crippen LogP contribution is 2.35. The Labute approximate surface area is 136 Å². The predicted molar refractivity (Wildman–Crippen MR) is 87.6 cm³/mol. The molecule has 0 saturated carbocycles. The van der Waals surface area contributed by atoms with Gasteiger partial charge < -0.3 is 16.2 Å². The number of rotatable bonds is 4. The van der Waals surface area contributed by atoms with Crippen molar-refractivity contribution in [3.63, 3.8) is 0 Å². The summed E-state index contributed by atoms with van der Waals surface area (Å²) >= 11 is 9.27. The molecule has 0 spiro atoms. The summed E-state index contributed by atoms with van der Waals surface area (Å²) in [6.07, 6.45) is 0. The first kappa shape index (κ1) is 15.7. The molecule has 0 aliphatic heterocycles. The number of carbonyl (C=O) groups excluding carboxylic acids is 1. The van der Waals surface area contributed by atoms with Gasteiger partial charge in [-0.2, -0.15) is 0 Å². The number of primary amides is 1. The molecule has 0 aliphatic carbocycles. The van der Waals surface area contributed by atoms with Crippen LogP contribution in [0, 0.1) is 6.92 Å². The largest absolute Gasteiger partial charge is 0.486 e. The van der Waals surface area contributed by atoms with Gasteiger partial charge in [0.1, 0.15) is 6.61 Å². The summed E-state index contributed by atoms with van der Waals surface area (Å²) in [6.45, 7) is 2.22. The monoisotopic (exact) mass is 368 g/mol. The zero-order chi connectivity index (χ0) is 15.6. The number of anilines is 1. The standard InChI is InChI=1S/C15H14BrClN2O2/c1-8-4-9(15(19)20)2-3-10(8)7-21-14-12(16)5-11(17)6-13(14)18/h2-6H,7,18H2,1H3,(H2,19,20). The van der Waals surface area contributed by atoms with Gasteiger partial charge in [0, 0.05) is 10.6 Å². The second-order valence-corrected chi connectivity index (χ2v) is 5.89. The first-order valence-corrected chi connectivity index (χ1v) is 7.32. The van der Waals surface area contributed by atoms with Gasteiger partial charge in [-0.15, -0.1) is 0 Å². The van der Waals surface area contributed by atoms with Crippen molar-refractivity contribution in [3.8, 4) is 5.75 Å². The van der Waals surface area contributed by atoms with Gasteiger partial charge in [0.15, 0.2) is 5.75 Å². The van der Waals surface area contributed by atoms with E-state index in [1.807, 2.05) is 13.0 Å². The number of hydrogen-bond acceptors (Lipinski definition) is 3. The molecule has 4 N–H and O–H groups in total. The minimum Gasteiger partial charge on any atom is -0.486 e. The second kappa shape index (κ2) is 6.37. The Balaban J connectivity index is 2.19. The van der Waals surface area contributed by atoms with Crippen molar-refractivity contribution in [2.75, 3.05) is 5.73 Å². The summed E-state index contributed by atoms with van der Waals surface area (Å²) in [4.78, 5) is 11.1. The fourth-order valence-electron chi connectivity index (χ4n) is 1.89. The number of amides is 1. The number of benzene rings is 2. The molecular weight excluding hydrogens is 356 g/mol. The quantitative estimate of drug-likeness (QED) is 0.807. The van der Waals surface area contributed by atoms with Crippen LogP contribution >= 0.6 is 27.5 Å². The van der Waals surface area contributed by atoms with Crippen LogP contribution in [0.4, 0.5) is 5.69 Å². The van der Waals surface area contributed by atoms with Crippen LogP contribution in [0.2, 0.25) is 5.02 Å². The number of carbonyl (C=O) groups is 1. The molecule has 0 saturated heterocycles. The van der Waals surface area contributed by atoms with Crippen LogP contribution in [0.3, 0.4) is 0 Å². The van der Waals surface area contributed by atoms with Gasteiger partial charge in [-0.05, 0) is 58.2 Å². The van der Waals surface area contributed by atoms with E-state index >= 15 is 0 Å². The zero-order valence-electron chi connectivity index (χ0n) is 11.3. The van der Waals surface area contributed by atoms with E-state index < -0.39 is 5.91 Å². The SMILES string of the molecule is Cc1cc(C(N)=O)ccc1COc1c(N)cc(Cl)cc1Br. The fraction of sp³-hybridized carbons (Fsp3) is 0.133. The van der Waals surface area contributed by atoms with E-state index in [9.17, 15) is 4.79 Å². The molecule has 2 aromatic rings. The number of nitrogen functional groups attached to an aromatic ring is 1. The van der Waals surface area contributed by atoms with Crippen molar-refractivity contribution >= 4 is 39.1 Å². The molecule has 0 atom stereocenters. The van der Waals surface area contributed by atoms with Gasteiger partial charge in [0.2, 0.25) is 5.91 Å². The molecule has 0 aliphatic rings. The number of ether oxygens (including phenoxy) is 1. The van der Waals surface area contributed by atoms with Crippen molar-refractivity contribution in [3.05, 3.63) is 56.5 Å². The van der Waals surface area contributed by atoms with Gasteiger partial charge in [-0.25, -0.2) is 0 Å². The van der Waals surface area contributed by atoms with Crippen LogP contribution in [-0.2, 0) is 6.61 Å². The predicted octanol–water partition coefficient (Wildman–Crippen LogP) is 3.67. The Morgan fingerprint density at radius 3 is 2.62 bits per heavy atom. The van der Waals surface area contributed by atoms with Crippen LogP contribution in [0.5, 0.6) is 5.75 Å². The fourth-order valence-corrected chi connectivity index (χ4v) is 2.84. The van der Waals surface area contributed by atoms with Crippen LogP contribution in [0.15, 0.2) is 34.8 Å². The third-order valence-electron chi connectivity index (χ3n) is 3.04. The number of halogens is 2. The van der Waals surface area contributed by atoms with E-state index in [1.165, 1.54) is 0 Å². The minimum absolute atomic E-state index is 0.329. The molecule has 6 heteroatoms. The Morgan fingerprint density at radius 1 is 1.33 bits per heavy atom. The summed E-state index contributed by atoms with van der Waals surface area (Å²) in [6, 6.07) is 8.58. The number of aryl methyl sites for hydroxylation is 1. The van der Waals surface area contributed by atoms with E-state index in [-0.39, 0.29) is 0 Å². The molecule has 110 valence electrons. The normalized spacial score (nSPS) is 10.4. The lowest BCUT2D eigenvalue weighted by molar-refractivity contribution is 0.1000. The lowest BCUT2D eigenvalue weighted by Crippen LogP contribution is -2.11. The van der Waals surface area contributed by atoms with E-state index in [2.05, 4.69) is 15.9 Å². The van der Waals surface area contributed by atoms with Gasteiger partial charge in [-0.3, -0.25) is 4.79 Å². The molecule has 0 fully saturated rings. The topological polar surface area (TPSA) is 78.3 Å². The molecule has 1 amide bonds. The smallest absolute Gasteiger partial charge is 0.248 e. The highest BCUT2D eigenvalue weighted by Gasteiger charge is 2.10. The highest BCUT2D eigenvalue weighted by atomic mass is 79.9. The van der Waals surface area contributed by atoms with Gasteiger partial charge in [0.05, 0.1) is 10.2 Å². The summed E-state index contributed by atoms with van der Waals surface area (Å²) in [5.74, 6) is 0.0908. The summed E-state index contributed by atoms with van der Waals surface area (Å²) in [5, 5.41) is 0.536. The lowest BCUT2D eigenvalue weighted by Gasteiger charge is -2.13. The molecule has 0 heterocycles. The van der Waals surface area contributed by atoms with Crippen LogP contribution in [-0.4, -0.2) is 5.91 Å². The maximum absolute atomic E-state index is 11.1. The Kier molecular flexibility index (Phi) is 4.75. The molecule has 0 radical (unpaired) electrons. The lowest BCUT2D eigenvalue weighted by atomic mass is 10.1. The maximum atomic E-state index is 11.1. The Morgan fingerprint density at radius 2 is 2.05 bits per heavy atom. The first-order valence-electron chi connectivity index (χ1n) is 6.15. The molecule has 4 nitrogen and oxygen atoms in total.